The van der Waals surface area contributed by atoms with E-state index in [1.807, 2.05) is 23.6 Å². The fraction of sp³-hybridized carbons (Fsp3) is 0.0769. The molecule has 3 rings (SSSR count). The first-order valence-corrected chi connectivity index (χ1v) is 6.89. The van der Waals surface area contributed by atoms with Crippen molar-refractivity contribution >= 4 is 33.2 Å². The normalized spacial score (nSPS) is 10.8. The van der Waals surface area contributed by atoms with Crippen molar-refractivity contribution in [3.63, 3.8) is 0 Å². The average Bonchev–Trinajstić information content (AvgIpc) is 2.88. The number of benzene rings is 1. The van der Waals surface area contributed by atoms with Gasteiger partial charge in [0.2, 0.25) is 5.88 Å². The second kappa shape index (κ2) is 5.13. The van der Waals surface area contributed by atoms with Gasteiger partial charge in [0, 0.05) is 17.1 Å². The lowest BCUT2D eigenvalue weighted by Gasteiger charge is -2.10. The van der Waals surface area contributed by atoms with Gasteiger partial charge in [0.1, 0.15) is 16.9 Å². The molecule has 0 saturated heterocycles. The van der Waals surface area contributed by atoms with Crippen molar-refractivity contribution in [2.45, 2.75) is 6.54 Å². The summed E-state index contributed by atoms with van der Waals surface area (Å²) in [5.41, 5.74) is 6.47. The molecule has 0 aliphatic carbocycles. The van der Waals surface area contributed by atoms with Crippen molar-refractivity contribution in [3.05, 3.63) is 46.6 Å². The molecule has 1 aromatic carbocycles. The van der Waals surface area contributed by atoms with E-state index in [1.165, 1.54) is 6.33 Å². The topological polar surface area (TPSA) is 61.0 Å². The number of hydrogen-bond donors (Lipinski definition) is 1. The van der Waals surface area contributed by atoms with Crippen molar-refractivity contribution in [1.29, 1.82) is 0 Å². The summed E-state index contributed by atoms with van der Waals surface area (Å²) in [6.07, 6.45) is 1.49. The molecule has 0 radical (unpaired) electrons. The third-order valence-electron chi connectivity index (χ3n) is 2.71. The number of nitrogens with zero attached hydrogens (tertiary/aromatic N) is 2. The summed E-state index contributed by atoms with van der Waals surface area (Å²) in [6.45, 7) is 0.312. The summed E-state index contributed by atoms with van der Waals surface area (Å²) in [5, 5.41) is 3.43. The van der Waals surface area contributed by atoms with Gasteiger partial charge in [-0.25, -0.2) is 9.97 Å². The fourth-order valence-electron chi connectivity index (χ4n) is 1.79. The molecule has 96 valence electrons. The smallest absolute Gasteiger partial charge is 0.231 e. The zero-order valence-electron chi connectivity index (χ0n) is 9.84. The predicted octanol–water partition coefficient (Wildman–Crippen LogP) is 3.60. The van der Waals surface area contributed by atoms with Gasteiger partial charge < -0.3 is 10.5 Å². The summed E-state index contributed by atoms with van der Waals surface area (Å²) in [4.78, 5) is 9.24. The molecule has 2 aromatic heterocycles. The number of nitrogens with two attached hydrogens (primary N) is 1. The van der Waals surface area contributed by atoms with Gasteiger partial charge in [-0.05, 0) is 23.6 Å². The second-order valence-corrected chi connectivity index (χ2v) is 5.14. The predicted molar refractivity (Wildman–Crippen MR) is 76.8 cm³/mol. The molecule has 3 aromatic rings. The molecular formula is C13H10ClN3OS. The Morgan fingerprint density at radius 3 is 3.00 bits per heavy atom. The van der Waals surface area contributed by atoms with Crippen LogP contribution in [0.15, 0.2) is 36.0 Å². The van der Waals surface area contributed by atoms with Gasteiger partial charge >= 0.3 is 0 Å². The Morgan fingerprint density at radius 1 is 1.26 bits per heavy atom. The summed E-state index contributed by atoms with van der Waals surface area (Å²) in [5.74, 6) is 1.14. The van der Waals surface area contributed by atoms with Crippen molar-refractivity contribution in [2.75, 3.05) is 0 Å². The van der Waals surface area contributed by atoms with E-state index in [1.54, 1.807) is 17.4 Å². The molecule has 19 heavy (non-hydrogen) atoms. The Kier molecular flexibility index (Phi) is 3.33. The zero-order valence-corrected chi connectivity index (χ0v) is 11.4. The molecule has 6 heteroatoms. The summed E-state index contributed by atoms with van der Waals surface area (Å²) >= 11 is 7.65. The molecule has 0 atom stereocenters. The number of aromatic nitrogens is 2. The molecule has 0 aliphatic rings. The quantitative estimate of drug-likeness (QED) is 0.801. The maximum atomic E-state index is 6.10. The highest BCUT2D eigenvalue weighted by molar-refractivity contribution is 7.16. The van der Waals surface area contributed by atoms with Crippen molar-refractivity contribution in [3.8, 4) is 11.6 Å². The standard InChI is InChI=1S/C13H10ClN3OS/c14-10-2-1-3-11(9(10)6-15)18-12-8-4-5-19-13(8)17-7-16-12/h1-5,7H,6,15H2. The average molecular weight is 292 g/mol. The molecular weight excluding hydrogens is 282 g/mol. The van der Waals surface area contributed by atoms with Crippen LogP contribution in [0.25, 0.3) is 10.2 Å². The van der Waals surface area contributed by atoms with Crippen LogP contribution < -0.4 is 10.5 Å². The summed E-state index contributed by atoms with van der Waals surface area (Å²) in [7, 11) is 0. The lowest BCUT2D eigenvalue weighted by Crippen LogP contribution is -2.01. The highest BCUT2D eigenvalue weighted by Gasteiger charge is 2.11. The minimum atomic E-state index is 0.312. The van der Waals surface area contributed by atoms with Crippen LogP contribution >= 0.6 is 22.9 Å². The van der Waals surface area contributed by atoms with E-state index in [-0.39, 0.29) is 0 Å². The SMILES string of the molecule is NCc1c(Cl)cccc1Oc1ncnc2sccc12. The van der Waals surface area contributed by atoms with Gasteiger partial charge in [-0.1, -0.05) is 17.7 Å². The fourth-order valence-corrected chi connectivity index (χ4v) is 2.75. The largest absolute Gasteiger partial charge is 0.438 e. The van der Waals surface area contributed by atoms with Gasteiger partial charge in [0.15, 0.2) is 0 Å². The number of rotatable bonds is 3. The van der Waals surface area contributed by atoms with Crippen LogP contribution in [-0.2, 0) is 6.54 Å². The van der Waals surface area contributed by atoms with Crippen molar-refractivity contribution in [2.24, 2.45) is 5.73 Å². The highest BCUT2D eigenvalue weighted by atomic mass is 35.5. The Hall–Kier alpha value is -1.69. The Bertz CT molecular complexity index is 729. The van der Waals surface area contributed by atoms with Crippen molar-refractivity contribution < 1.29 is 4.74 Å². The number of fused-ring (bicyclic) bond motifs is 1. The van der Waals surface area contributed by atoms with Gasteiger partial charge in [0.05, 0.1) is 5.39 Å². The molecule has 2 N–H and O–H groups in total. The van der Waals surface area contributed by atoms with E-state index in [2.05, 4.69) is 9.97 Å². The van der Waals surface area contributed by atoms with Gasteiger partial charge in [-0.3, -0.25) is 0 Å². The van der Waals surface area contributed by atoms with E-state index in [4.69, 9.17) is 22.1 Å². The minimum absolute atomic E-state index is 0.312. The Morgan fingerprint density at radius 2 is 2.16 bits per heavy atom. The third kappa shape index (κ3) is 2.28. The molecule has 0 amide bonds. The highest BCUT2D eigenvalue weighted by Crippen LogP contribution is 2.33. The van der Waals surface area contributed by atoms with Crippen LogP contribution in [0.4, 0.5) is 0 Å². The first-order valence-electron chi connectivity index (χ1n) is 5.63. The van der Waals surface area contributed by atoms with E-state index in [0.717, 1.165) is 15.8 Å². The van der Waals surface area contributed by atoms with Crippen LogP contribution in [-0.4, -0.2) is 9.97 Å². The van der Waals surface area contributed by atoms with Gasteiger partial charge in [0.25, 0.3) is 0 Å². The molecule has 0 fully saturated rings. The van der Waals surface area contributed by atoms with Crippen molar-refractivity contribution in [1.82, 2.24) is 9.97 Å². The van der Waals surface area contributed by atoms with E-state index >= 15 is 0 Å². The molecule has 0 spiro atoms. The summed E-state index contributed by atoms with van der Waals surface area (Å²) in [6, 6.07) is 7.37. The first-order chi connectivity index (χ1) is 9.29. The van der Waals surface area contributed by atoms with Crippen LogP contribution in [0.2, 0.25) is 5.02 Å². The Balaban J connectivity index is 2.06. The van der Waals surface area contributed by atoms with E-state index in [9.17, 15) is 0 Å². The third-order valence-corrected chi connectivity index (χ3v) is 3.89. The molecule has 0 aliphatic heterocycles. The first kappa shape index (κ1) is 12.3. The monoisotopic (exact) mass is 291 g/mol. The van der Waals surface area contributed by atoms with Crippen LogP contribution in [0.1, 0.15) is 5.56 Å². The zero-order chi connectivity index (χ0) is 13.2. The number of thiophene rings is 1. The molecule has 0 unspecified atom stereocenters. The number of ether oxygens (including phenoxy) is 1. The minimum Gasteiger partial charge on any atom is -0.438 e. The lowest BCUT2D eigenvalue weighted by atomic mass is 10.2. The van der Waals surface area contributed by atoms with E-state index < -0.39 is 0 Å². The van der Waals surface area contributed by atoms with Crippen LogP contribution in [0.5, 0.6) is 11.6 Å². The molecule has 4 nitrogen and oxygen atoms in total. The van der Waals surface area contributed by atoms with Crippen LogP contribution in [0.3, 0.4) is 0 Å². The number of halogens is 1. The molecule has 0 bridgehead atoms. The second-order valence-electron chi connectivity index (χ2n) is 3.84. The van der Waals surface area contributed by atoms with Crippen LogP contribution in [0, 0.1) is 0 Å². The van der Waals surface area contributed by atoms with Gasteiger partial charge in [-0.2, -0.15) is 0 Å². The maximum Gasteiger partial charge on any atom is 0.231 e. The van der Waals surface area contributed by atoms with Gasteiger partial charge in [-0.15, -0.1) is 11.3 Å². The molecule has 0 saturated carbocycles. The molecule has 2 heterocycles. The number of hydrogen-bond acceptors (Lipinski definition) is 5. The summed E-state index contributed by atoms with van der Waals surface area (Å²) < 4.78 is 5.84. The Labute approximate surface area is 118 Å². The lowest BCUT2D eigenvalue weighted by molar-refractivity contribution is 0.462. The maximum absolute atomic E-state index is 6.10. The van der Waals surface area contributed by atoms with E-state index in [0.29, 0.717) is 23.2 Å².